The highest BCUT2D eigenvalue weighted by Gasteiger charge is 2.25. The first-order valence-corrected chi connectivity index (χ1v) is 7.60. The van der Waals surface area contributed by atoms with Crippen LogP contribution in [-0.4, -0.2) is 86.1 Å². The van der Waals surface area contributed by atoms with Crippen molar-refractivity contribution >= 4 is 5.91 Å². The molecule has 0 saturated carbocycles. The Labute approximate surface area is 116 Å². The molecule has 1 N–H and O–H groups in total. The fraction of sp³-hybridized carbons (Fsp3) is 0.929. The summed E-state index contributed by atoms with van der Waals surface area (Å²) >= 11 is 0. The van der Waals surface area contributed by atoms with E-state index in [2.05, 4.69) is 22.2 Å². The summed E-state index contributed by atoms with van der Waals surface area (Å²) in [7, 11) is 2.07. The quantitative estimate of drug-likeness (QED) is 0.752. The Morgan fingerprint density at radius 1 is 1.21 bits per heavy atom. The van der Waals surface area contributed by atoms with Crippen LogP contribution in [0.3, 0.4) is 0 Å². The van der Waals surface area contributed by atoms with Gasteiger partial charge in [-0.25, -0.2) is 0 Å². The molecule has 2 fully saturated rings. The molecule has 1 amide bonds. The SMILES string of the molecule is CC(C(=O)N1CCNCC1)N(C)CCN1CCCC1. The van der Waals surface area contributed by atoms with Gasteiger partial charge in [-0.2, -0.15) is 0 Å². The van der Waals surface area contributed by atoms with Gasteiger partial charge < -0.3 is 15.1 Å². The van der Waals surface area contributed by atoms with Crippen LogP contribution in [0.2, 0.25) is 0 Å². The summed E-state index contributed by atoms with van der Waals surface area (Å²) in [5.74, 6) is 0.283. The van der Waals surface area contributed by atoms with Gasteiger partial charge in [0, 0.05) is 39.3 Å². The van der Waals surface area contributed by atoms with Gasteiger partial charge in [0.1, 0.15) is 0 Å². The second-order valence-corrected chi connectivity index (χ2v) is 5.78. The summed E-state index contributed by atoms with van der Waals surface area (Å²) in [5, 5.41) is 3.29. The van der Waals surface area contributed by atoms with Crippen LogP contribution in [0.25, 0.3) is 0 Å². The Hall–Kier alpha value is -0.650. The highest BCUT2D eigenvalue weighted by atomic mass is 16.2. The average molecular weight is 268 g/mol. The summed E-state index contributed by atoms with van der Waals surface area (Å²) in [6, 6.07) is 0.000651. The molecule has 0 spiro atoms. The number of likely N-dealkylation sites (N-methyl/N-ethyl adjacent to an activating group) is 1. The second-order valence-electron chi connectivity index (χ2n) is 5.78. The average Bonchev–Trinajstić information content (AvgIpc) is 2.97. The summed E-state index contributed by atoms with van der Waals surface area (Å²) < 4.78 is 0. The predicted octanol–water partition coefficient (Wildman–Crippen LogP) is -0.166. The Morgan fingerprint density at radius 3 is 2.47 bits per heavy atom. The molecule has 0 aliphatic carbocycles. The van der Waals surface area contributed by atoms with Crippen LogP contribution in [0.5, 0.6) is 0 Å². The largest absolute Gasteiger partial charge is 0.339 e. The number of piperazine rings is 1. The number of hydrogen-bond donors (Lipinski definition) is 1. The van der Waals surface area contributed by atoms with E-state index in [4.69, 9.17) is 0 Å². The maximum atomic E-state index is 12.4. The van der Waals surface area contributed by atoms with Gasteiger partial charge >= 0.3 is 0 Å². The summed E-state index contributed by atoms with van der Waals surface area (Å²) in [4.78, 5) is 19.1. The highest BCUT2D eigenvalue weighted by Crippen LogP contribution is 2.08. The van der Waals surface area contributed by atoms with E-state index in [0.717, 1.165) is 39.3 Å². The Bertz CT molecular complexity index is 285. The number of hydrogen-bond acceptors (Lipinski definition) is 4. The number of rotatable bonds is 5. The molecular formula is C14H28N4O. The van der Waals surface area contributed by atoms with Gasteiger partial charge in [-0.15, -0.1) is 0 Å². The zero-order chi connectivity index (χ0) is 13.7. The zero-order valence-corrected chi connectivity index (χ0v) is 12.4. The smallest absolute Gasteiger partial charge is 0.239 e. The number of likely N-dealkylation sites (tertiary alicyclic amines) is 1. The van der Waals surface area contributed by atoms with Crippen molar-refractivity contribution in [3.8, 4) is 0 Å². The lowest BCUT2D eigenvalue weighted by atomic mass is 10.2. The second kappa shape index (κ2) is 7.22. The first-order valence-electron chi connectivity index (χ1n) is 7.60. The van der Waals surface area contributed by atoms with Gasteiger partial charge in [0.05, 0.1) is 6.04 Å². The van der Waals surface area contributed by atoms with Gasteiger partial charge in [0.15, 0.2) is 0 Å². The molecule has 0 aromatic carbocycles. The van der Waals surface area contributed by atoms with Crippen molar-refractivity contribution in [2.24, 2.45) is 0 Å². The molecule has 0 bridgehead atoms. The molecule has 2 aliphatic rings. The van der Waals surface area contributed by atoms with Gasteiger partial charge in [-0.3, -0.25) is 9.69 Å². The lowest BCUT2D eigenvalue weighted by Gasteiger charge is -2.33. The van der Waals surface area contributed by atoms with Crippen molar-refractivity contribution in [1.29, 1.82) is 0 Å². The molecular weight excluding hydrogens is 240 g/mol. The van der Waals surface area contributed by atoms with Crippen molar-refractivity contribution in [3.05, 3.63) is 0 Å². The van der Waals surface area contributed by atoms with Crippen molar-refractivity contribution in [2.45, 2.75) is 25.8 Å². The van der Waals surface area contributed by atoms with Crippen LogP contribution in [0, 0.1) is 0 Å². The third-order valence-corrected chi connectivity index (χ3v) is 4.41. The fourth-order valence-electron chi connectivity index (χ4n) is 2.84. The molecule has 1 atom stereocenters. The number of nitrogens with zero attached hydrogens (tertiary/aromatic N) is 3. The molecule has 5 heteroatoms. The van der Waals surface area contributed by atoms with E-state index in [1.54, 1.807) is 0 Å². The molecule has 2 rings (SSSR count). The Balaban J connectivity index is 1.73. The van der Waals surface area contributed by atoms with Crippen LogP contribution in [0.1, 0.15) is 19.8 Å². The van der Waals surface area contributed by atoms with E-state index in [9.17, 15) is 4.79 Å². The molecule has 19 heavy (non-hydrogen) atoms. The third kappa shape index (κ3) is 4.16. The minimum atomic E-state index is 0.000651. The fourth-order valence-corrected chi connectivity index (χ4v) is 2.84. The number of nitrogens with one attached hydrogen (secondary N) is 1. The van der Waals surface area contributed by atoms with E-state index in [1.807, 2.05) is 11.8 Å². The van der Waals surface area contributed by atoms with Crippen LogP contribution >= 0.6 is 0 Å². The van der Waals surface area contributed by atoms with Crippen LogP contribution in [0.4, 0.5) is 0 Å². The number of carbonyl (C=O) groups is 1. The van der Waals surface area contributed by atoms with E-state index < -0.39 is 0 Å². The predicted molar refractivity (Wildman–Crippen MR) is 77.2 cm³/mol. The first kappa shape index (κ1) is 14.8. The zero-order valence-electron chi connectivity index (χ0n) is 12.4. The topological polar surface area (TPSA) is 38.8 Å². The van der Waals surface area contributed by atoms with Crippen molar-refractivity contribution in [1.82, 2.24) is 20.0 Å². The Kier molecular flexibility index (Phi) is 5.60. The van der Waals surface area contributed by atoms with Crippen LogP contribution in [0.15, 0.2) is 0 Å². The van der Waals surface area contributed by atoms with Gasteiger partial charge in [-0.1, -0.05) is 0 Å². The molecule has 0 radical (unpaired) electrons. The normalized spacial score (nSPS) is 23.0. The molecule has 2 aliphatic heterocycles. The lowest BCUT2D eigenvalue weighted by molar-refractivity contribution is -0.136. The van der Waals surface area contributed by atoms with E-state index in [-0.39, 0.29) is 11.9 Å². The standard InChI is InChI=1S/C14H28N4O/c1-13(14(19)18-9-5-15-6-10-18)16(2)11-12-17-7-3-4-8-17/h13,15H,3-12H2,1-2H3. The van der Waals surface area contributed by atoms with Crippen LogP contribution < -0.4 is 5.32 Å². The molecule has 0 aromatic heterocycles. The molecule has 5 nitrogen and oxygen atoms in total. The molecule has 2 saturated heterocycles. The summed E-state index contributed by atoms with van der Waals surface area (Å²) in [6.45, 7) is 10.1. The number of amides is 1. The molecule has 0 aromatic rings. The first-order chi connectivity index (χ1) is 9.18. The summed E-state index contributed by atoms with van der Waals surface area (Å²) in [6.07, 6.45) is 2.66. The molecule has 110 valence electrons. The third-order valence-electron chi connectivity index (χ3n) is 4.41. The van der Waals surface area contributed by atoms with Crippen molar-refractivity contribution in [3.63, 3.8) is 0 Å². The monoisotopic (exact) mass is 268 g/mol. The maximum absolute atomic E-state index is 12.4. The van der Waals surface area contributed by atoms with Gasteiger partial charge in [0.25, 0.3) is 0 Å². The molecule has 1 unspecified atom stereocenters. The highest BCUT2D eigenvalue weighted by molar-refractivity contribution is 5.81. The van der Waals surface area contributed by atoms with E-state index in [0.29, 0.717) is 0 Å². The number of carbonyl (C=O) groups excluding carboxylic acids is 1. The maximum Gasteiger partial charge on any atom is 0.239 e. The van der Waals surface area contributed by atoms with Gasteiger partial charge in [0.2, 0.25) is 5.91 Å². The lowest BCUT2D eigenvalue weighted by Crippen LogP contribution is -2.53. The minimum Gasteiger partial charge on any atom is -0.339 e. The minimum absolute atomic E-state index is 0.000651. The van der Waals surface area contributed by atoms with Gasteiger partial charge in [-0.05, 0) is 39.9 Å². The summed E-state index contributed by atoms with van der Waals surface area (Å²) in [5.41, 5.74) is 0. The Morgan fingerprint density at radius 2 is 1.84 bits per heavy atom. The molecule has 2 heterocycles. The van der Waals surface area contributed by atoms with E-state index in [1.165, 1.54) is 25.9 Å². The van der Waals surface area contributed by atoms with E-state index >= 15 is 0 Å². The van der Waals surface area contributed by atoms with Crippen molar-refractivity contribution in [2.75, 3.05) is 59.4 Å². The van der Waals surface area contributed by atoms with Crippen molar-refractivity contribution < 1.29 is 4.79 Å². The van der Waals surface area contributed by atoms with Crippen LogP contribution in [-0.2, 0) is 4.79 Å².